The summed E-state index contributed by atoms with van der Waals surface area (Å²) in [6.07, 6.45) is 7.15. The van der Waals surface area contributed by atoms with Crippen molar-refractivity contribution < 1.29 is 4.74 Å². The van der Waals surface area contributed by atoms with Gasteiger partial charge in [0.2, 0.25) is 0 Å². The van der Waals surface area contributed by atoms with E-state index in [1.54, 1.807) is 0 Å². The maximum absolute atomic E-state index is 6.07. The average molecular weight is 268 g/mol. The molecule has 6 heteroatoms. The molecule has 2 heterocycles. The minimum absolute atomic E-state index is 0.116. The third kappa shape index (κ3) is 2.30. The van der Waals surface area contributed by atoms with Crippen molar-refractivity contribution in [1.29, 1.82) is 0 Å². The molecule has 3 rings (SSSR count). The van der Waals surface area contributed by atoms with Crippen LogP contribution in [0.2, 0.25) is 0 Å². The van der Waals surface area contributed by atoms with Gasteiger partial charge in [0.1, 0.15) is 0 Å². The van der Waals surface area contributed by atoms with Gasteiger partial charge in [-0.1, -0.05) is 17.3 Å². The lowest BCUT2D eigenvalue weighted by Gasteiger charge is -2.40. The topological polar surface area (TPSA) is 73.1 Å². The molecule has 1 aliphatic heterocycles. The fraction of sp³-hybridized carbons (Fsp3) is 0.833. The summed E-state index contributed by atoms with van der Waals surface area (Å²) < 4.78 is 10.0. The largest absolute Gasteiger partial charge is 0.375 e. The van der Waals surface area contributed by atoms with Gasteiger partial charge in [0.05, 0.1) is 17.3 Å². The number of hydrogen-bond acceptors (Lipinski definition) is 6. The molecule has 0 amide bonds. The number of aromatic nitrogens is 2. The number of hydrazine groups is 1. The summed E-state index contributed by atoms with van der Waals surface area (Å²) in [6, 6.07) is 0.116. The van der Waals surface area contributed by atoms with Gasteiger partial charge in [-0.15, -0.1) is 5.10 Å². The van der Waals surface area contributed by atoms with Crippen molar-refractivity contribution in [3.63, 3.8) is 0 Å². The Labute approximate surface area is 111 Å². The Morgan fingerprint density at radius 3 is 3.00 bits per heavy atom. The molecule has 2 fully saturated rings. The molecule has 100 valence electrons. The molecule has 0 aromatic carbocycles. The predicted octanol–water partition coefficient (Wildman–Crippen LogP) is 1.78. The molecule has 0 radical (unpaired) electrons. The van der Waals surface area contributed by atoms with Crippen LogP contribution in [-0.2, 0) is 4.74 Å². The zero-order valence-electron chi connectivity index (χ0n) is 10.5. The van der Waals surface area contributed by atoms with Gasteiger partial charge in [0.25, 0.3) is 0 Å². The zero-order chi connectivity index (χ0) is 12.4. The molecule has 5 nitrogen and oxygen atoms in total. The van der Waals surface area contributed by atoms with E-state index >= 15 is 0 Å². The van der Waals surface area contributed by atoms with Crippen LogP contribution in [0.5, 0.6) is 0 Å². The zero-order valence-corrected chi connectivity index (χ0v) is 11.3. The lowest BCUT2D eigenvalue weighted by Crippen LogP contribution is -2.43. The van der Waals surface area contributed by atoms with Gasteiger partial charge in [-0.2, -0.15) is 0 Å². The van der Waals surface area contributed by atoms with Gasteiger partial charge in [0, 0.05) is 12.0 Å². The van der Waals surface area contributed by atoms with Gasteiger partial charge in [0.15, 0.2) is 0 Å². The molecule has 3 N–H and O–H groups in total. The van der Waals surface area contributed by atoms with Crippen molar-refractivity contribution in [2.24, 2.45) is 11.8 Å². The summed E-state index contributed by atoms with van der Waals surface area (Å²) in [5.41, 5.74) is 4.03. The highest BCUT2D eigenvalue weighted by molar-refractivity contribution is 7.03. The number of nitrogens with two attached hydrogens (primary N) is 1. The molecule has 1 aromatic heterocycles. The number of nitrogens with one attached hydrogen (secondary N) is 1. The van der Waals surface area contributed by atoms with Crippen LogP contribution >= 0.6 is 11.5 Å². The highest BCUT2D eigenvalue weighted by Gasteiger charge is 2.42. The first-order chi connectivity index (χ1) is 8.83. The minimum Gasteiger partial charge on any atom is -0.375 e. The first-order valence-electron chi connectivity index (χ1n) is 6.70. The number of hydrogen-bond donors (Lipinski definition) is 2. The summed E-state index contributed by atoms with van der Waals surface area (Å²) in [5, 5.41) is 6.15. The summed E-state index contributed by atoms with van der Waals surface area (Å²) >= 11 is 1.38. The van der Waals surface area contributed by atoms with Crippen LogP contribution in [0.4, 0.5) is 0 Å². The maximum Gasteiger partial charge on any atom is 0.0941 e. The number of rotatable bonds is 3. The first-order valence-corrected chi connectivity index (χ1v) is 7.54. The predicted molar refractivity (Wildman–Crippen MR) is 69.8 cm³/mol. The van der Waals surface area contributed by atoms with E-state index in [0.717, 1.165) is 25.1 Å². The standard InChI is InChI=1S/C12H20N4OS/c13-14-11(10-8-18-16-15-10)9-3-6-17-12(7-9)4-1-2-5-12/h8-9,11,14H,1-7,13H2. The van der Waals surface area contributed by atoms with Crippen LogP contribution < -0.4 is 11.3 Å². The van der Waals surface area contributed by atoms with Gasteiger partial charge in [-0.3, -0.25) is 11.3 Å². The molecule has 1 saturated heterocycles. The summed E-state index contributed by atoms with van der Waals surface area (Å²) in [4.78, 5) is 0. The molecular weight excluding hydrogens is 248 g/mol. The molecule has 0 bridgehead atoms. The van der Waals surface area contributed by atoms with Crippen LogP contribution in [0, 0.1) is 5.92 Å². The van der Waals surface area contributed by atoms with E-state index in [0.29, 0.717) is 5.92 Å². The lowest BCUT2D eigenvalue weighted by atomic mass is 9.80. The van der Waals surface area contributed by atoms with Crippen LogP contribution in [0.15, 0.2) is 5.38 Å². The Balaban J connectivity index is 1.74. The van der Waals surface area contributed by atoms with Crippen molar-refractivity contribution in [3.05, 3.63) is 11.1 Å². The molecule has 2 unspecified atom stereocenters. The molecule has 1 aliphatic carbocycles. The smallest absolute Gasteiger partial charge is 0.0941 e. The highest BCUT2D eigenvalue weighted by atomic mass is 32.1. The van der Waals surface area contributed by atoms with Crippen molar-refractivity contribution in [3.8, 4) is 0 Å². The fourth-order valence-electron chi connectivity index (χ4n) is 3.49. The van der Waals surface area contributed by atoms with Gasteiger partial charge in [-0.05, 0) is 43.1 Å². The second kappa shape index (κ2) is 5.21. The number of ether oxygens (including phenoxy) is 1. The molecule has 1 saturated carbocycles. The van der Waals surface area contributed by atoms with Crippen LogP contribution in [0.25, 0.3) is 0 Å². The second-order valence-electron chi connectivity index (χ2n) is 5.47. The van der Waals surface area contributed by atoms with Gasteiger partial charge < -0.3 is 4.74 Å². The van der Waals surface area contributed by atoms with Crippen LogP contribution in [0.1, 0.15) is 50.3 Å². The molecular formula is C12H20N4OS. The SMILES string of the molecule is NNC(c1csnn1)C1CCOC2(CCCC2)C1. The van der Waals surface area contributed by atoms with Crippen molar-refractivity contribution in [2.45, 2.75) is 50.2 Å². The van der Waals surface area contributed by atoms with E-state index in [9.17, 15) is 0 Å². The second-order valence-corrected chi connectivity index (χ2v) is 6.08. The monoisotopic (exact) mass is 268 g/mol. The van der Waals surface area contributed by atoms with E-state index in [4.69, 9.17) is 10.6 Å². The van der Waals surface area contributed by atoms with Gasteiger partial charge in [-0.25, -0.2) is 0 Å². The highest BCUT2D eigenvalue weighted by Crippen LogP contribution is 2.44. The van der Waals surface area contributed by atoms with E-state index in [2.05, 4.69) is 15.0 Å². The number of nitrogens with zero attached hydrogens (tertiary/aromatic N) is 2. The Kier molecular flexibility index (Phi) is 3.61. The molecule has 2 atom stereocenters. The van der Waals surface area contributed by atoms with Crippen molar-refractivity contribution in [1.82, 2.24) is 15.0 Å². The quantitative estimate of drug-likeness (QED) is 0.646. The Morgan fingerprint density at radius 2 is 2.33 bits per heavy atom. The van der Waals surface area contributed by atoms with Crippen LogP contribution in [0.3, 0.4) is 0 Å². The van der Waals surface area contributed by atoms with E-state index in [-0.39, 0.29) is 11.6 Å². The Morgan fingerprint density at radius 1 is 1.50 bits per heavy atom. The third-order valence-corrected chi connectivity index (χ3v) is 4.92. The van der Waals surface area contributed by atoms with Crippen LogP contribution in [-0.4, -0.2) is 21.8 Å². The fourth-order valence-corrected chi connectivity index (χ4v) is 3.98. The third-order valence-electron chi connectivity index (χ3n) is 4.39. The molecule has 1 aromatic rings. The lowest BCUT2D eigenvalue weighted by molar-refractivity contribution is -0.0984. The first kappa shape index (κ1) is 12.5. The summed E-state index contributed by atoms with van der Waals surface area (Å²) in [5.74, 6) is 6.23. The van der Waals surface area contributed by atoms with Crippen molar-refractivity contribution in [2.75, 3.05) is 6.61 Å². The molecule has 1 spiro atoms. The van der Waals surface area contributed by atoms with Crippen molar-refractivity contribution >= 4 is 11.5 Å². The summed E-state index contributed by atoms with van der Waals surface area (Å²) in [7, 11) is 0. The minimum atomic E-state index is 0.116. The average Bonchev–Trinajstić information content (AvgIpc) is 3.03. The van der Waals surface area contributed by atoms with Gasteiger partial charge >= 0.3 is 0 Å². The Bertz CT molecular complexity index is 377. The van der Waals surface area contributed by atoms with E-state index in [1.165, 1.54) is 37.2 Å². The maximum atomic E-state index is 6.07. The molecule has 2 aliphatic rings. The molecule has 18 heavy (non-hydrogen) atoms. The van der Waals surface area contributed by atoms with E-state index < -0.39 is 0 Å². The van der Waals surface area contributed by atoms with E-state index in [1.807, 2.05) is 5.38 Å². The Hall–Kier alpha value is -0.560. The normalized spacial score (nSPS) is 28.6. The summed E-state index contributed by atoms with van der Waals surface area (Å²) in [6.45, 7) is 0.848.